The molecule has 0 aliphatic carbocycles. The Hall–Kier alpha value is -0.990. The molecule has 0 saturated carbocycles. The van der Waals surface area contributed by atoms with E-state index in [1.165, 1.54) is 12.1 Å². The molecule has 1 aromatic heterocycles. The molecule has 0 atom stereocenters. The number of nitrogens with two attached hydrogens (primary N) is 1. The Morgan fingerprint density at radius 2 is 2.25 bits per heavy atom. The van der Waals surface area contributed by atoms with Crippen molar-refractivity contribution in [2.75, 3.05) is 6.54 Å². The number of alkyl halides is 2. The van der Waals surface area contributed by atoms with Crippen molar-refractivity contribution >= 4 is 11.3 Å². The fourth-order valence-corrected chi connectivity index (χ4v) is 1.48. The molecular formula is C7H6F2N2S. The van der Waals surface area contributed by atoms with Crippen LogP contribution in [0.15, 0.2) is 12.1 Å². The third-order valence-corrected chi connectivity index (χ3v) is 2.43. The van der Waals surface area contributed by atoms with Gasteiger partial charge in [-0.1, -0.05) is 0 Å². The van der Waals surface area contributed by atoms with Gasteiger partial charge >= 0.3 is 0 Å². The lowest BCUT2D eigenvalue weighted by molar-refractivity contribution is 0.00990. The molecule has 2 nitrogen and oxygen atoms in total. The van der Waals surface area contributed by atoms with E-state index >= 15 is 0 Å². The lowest BCUT2D eigenvalue weighted by atomic mass is 10.3. The molecule has 0 radical (unpaired) electrons. The molecule has 1 aromatic rings. The smallest absolute Gasteiger partial charge is 0.294 e. The number of nitriles is 1. The molecule has 2 N–H and O–H groups in total. The van der Waals surface area contributed by atoms with E-state index in [2.05, 4.69) is 0 Å². The summed E-state index contributed by atoms with van der Waals surface area (Å²) in [4.78, 5) is 0.125. The van der Waals surface area contributed by atoms with E-state index < -0.39 is 12.5 Å². The van der Waals surface area contributed by atoms with Crippen molar-refractivity contribution in [1.29, 1.82) is 5.26 Å². The van der Waals surface area contributed by atoms with Crippen LogP contribution in [0, 0.1) is 11.3 Å². The van der Waals surface area contributed by atoms with Gasteiger partial charge in [0.2, 0.25) is 0 Å². The van der Waals surface area contributed by atoms with Crippen molar-refractivity contribution in [2.45, 2.75) is 5.92 Å². The first-order valence-corrected chi connectivity index (χ1v) is 4.00. The van der Waals surface area contributed by atoms with Crippen LogP contribution in [0.4, 0.5) is 8.78 Å². The molecular weight excluding hydrogens is 182 g/mol. The second-order valence-corrected chi connectivity index (χ2v) is 3.27. The predicted octanol–water partition coefficient (Wildman–Crippen LogP) is 1.67. The van der Waals surface area contributed by atoms with Crippen LogP contribution in [0.1, 0.15) is 9.75 Å². The Kier molecular flexibility index (Phi) is 2.40. The molecule has 5 heteroatoms. The zero-order chi connectivity index (χ0) is 9.19. The van der Waals surface area contributed by atoms with Gasteiger partial charge in [0.25, 0.3) is 5.92 Å². The van der Waals surface area contributed by atoms with Gasteiger partial charge in [0, 0.05) is 0 Å². The second-order valence-electron chi connectivity index (χ2n) is 2.18. The van der Waals surface area contributed by atoms with Crippen LogP contribution in [0.2, 0.25) is 0 Å². The fraction of sp³-hybridized carbons (Fsp3) is 0.286. The fourth-order valence-electron chi connectivity index (χ4n) is 0.695. The van der Waals surface area contributed by atoms with E-state index in [0.29, 0.717) is 0 Å². The zero-order valence-electron chi connectivity index (χ0n) is 6.05. The summed E-state index contributed by atoms with van der Waals surface area (Å²) < 4.78 is 25.6. The van der Waals surface area contributed by atoms with Crippen LogP contribution in [-0.2, 0) is 5.92 Å². The van der Waals surface area contributed by atoms with Gasteiger partial charge in [0.05, 0.1) is 11.4 Å². The van der Waals surface area contributed by atoms with Crippen molar-refractivity contribution in [3.8, 4) is 6.07 Å². The average molecular weight is 188 g/mol. The van der Waals surface area contributed by atoms with Crippen molar-refractivity contribution in [3.63, 3.8) is 0 Å². The monoisotopic (exact) mass is 188 g/mol. The van der Waals surface area contributed by atoms with Gasteiger partial charge in [0.1, 0.15) is 10.9 Å². The number of rotatable bonds is 2. The topological polar surface area (TPSA) is 49.8 Å². The Morgan fingerprint density at radius 3 is 2.67 bits per heavy atom. The molecule has 0 aromatic carbocycles. The van der Waals surface area contributed by atoms with Crippen LogP contribution in [0.3, 0.4) is 0 Å². The Bertz CT molecular complexity index is 313. The standard InChI is InChI=1S/C7H6F2N2S/c8-7(9,4-11)6-2-1-5(3-10)12-6/h1-2H,4,11H2. The van der Waals surface area contributed by atoms with E-state index in [-0.39, 0.29) is 9.75 Å². The lowest BCUT2D eigenvalue weighted by Crippen LogP contribution is -2.23. The summed E-state index contributed by atoms with van der Waals surface area (Å²) in [5.41, 5.74) is 4.86. The first kappa shape index (κ1) is 9.10. The summed E-state index contributed by atoms with van der Waals surface area (Å²) in [5.74, 6) is -3.00. The molecule has 64 valence electrons. The predicted molar refractivity (Wildman–Crippen MR) is 42.0 cm³/mol. The summed E-state index contributed by atoms with van der Waals surface area (Å²) in [6.45, 7) is -0.724. The molecule has 0 fully saturated rings. The molecule has 1 rings (SSSR count). The summed E-state index contributed by atoms with van der Waals surface area (Å²) in [6.07, 6.45) is 0. The minimum Gasteiger partial charge on any atom is -0.325 e. The Morgan fingerprint density at radius 1 is 1.58 bits per heavy atom. The van der Waals surface area contributed by atoms with Crippen LogP contribution in [-0.4, -0.2) is 6.54 Å². The summed E-state index contributed by atoms with van der Waals surface area (Å²) in [7, 11) is 0. The van der Waals surface area contributed by atoms with Gasteiger partial charge in [-0.15, -0.1) is 11.3 Å². The number of halogens is 2. The van der Waals surface area contributed by atoms with Gasteiger partial charge in [-0.25, -0.2) is 0 Å². The summed E-state index contributed by atoms with van der Waals surface area (Å²) in [6, 6.07) is 4.38. The third-order valence-electron chi connectivity index (χ3n) is 1.33. The normalized spacial score (nSPS) is 11.2. The maximum absolute atomic E-state index is 12.8. The number of hydrogen-bond donors (Lipinski definition) is 1. The highest BCUT2D eigenvalue weighted by Gasteiger charge is 2.31. The van der Waals surface area contributed by atoms with Gasteiger partial charge < -0.3 is 5.73 Å². The van der Waals surface area contributed by atoms with Gasteiger partial charge in [-0.2, -0.15) is 14.0 Å². The summed E-state index contributed by atoms with van der Waals surface area (Å²) in [5, 5.41) is 8.37. The van der Waals surface area contributed by atoms with Gasteiger partial charge in [-0.05, 0) is 12.1 Å². The quantitative estimate of drug-likeness (QED) is 0.767. The molecule has 0 saturated heterocycles. The molecule has 0 aliphatic heterocycles. The average Bonchev–Trinajstić information content (AvgIpc) is 2.52. The highest BCUT2D eigenvalue weighted by atomic mass is 32.1. The minimum atomic E-state index is -3.00. The molecule has 1 heterocycles. The summed E-state index contributed by atoms with van der Waals surface area (Å²) >= 11 is 0.773. The molecule has 12 heavy (non-hydrogen) atoms. The van der Waals surface area contributed by atoms with E-state index in [4.69, 9.17) is 11.0 Å². The van der Waals surface area contributed by atoms with Gasteiger partial charge in [-0.3, -0.25) is 0 Å². The van der Waals surface area contributed by atoms with Crippen LogP contribution in [0.5, 0.6) is 0 Å². The van der Waals surface area contributed by atoms with E-state index in [1.807, 2.05) is 0 Å². The van der Waals surface area contributed by atoms with Crippen LogP contribution < -0.4 is 5.73 Å². The zero-order valence-corrected chi connectivity index (χ0v) is 6.87. The Labute approximate surface area is 72.2 Å². The molecule has 0 spiro atoms. The Balaban J connectivity index is 2.98. The SMILES string of the molecule is N#Cc1ccc(C(F)(F)CN)s1. The maximum Gasteiger partial charge on any atom is 0.294 e. The largest absolute Gasteiger partial charge is 0.325 e. The number of hydrogen-bond acceptors (Lipinski definition) is 3. The second kappa shape index (κ2) is 3.17. The molecule has 0 unspecified atom stereocenters. The van der Waals surface area contributed by atoms with Crippen molar-refractivity contribution < 1.29 is 8.78 Å². The van der Waals surface area contributed by atoms with E-state index in [9.17, 15) is 8.78 Å². The number of nitrogens with zero attached hydrogens (tertiary/aromatic N) is 1. The van der Waals surface area contributed by atoms with E-state index in [0.717, 1.165) is 11.3 Å². The highest BCUT2D eigenvalue weighted by molar-refractivity contribution is 7.12. The van der Waals surface area contributed by atoms with Crippen molar-refractivity contribution in [1.82, 2.24) is 0 Å². The maximum atomic E-state index is 12.8. The van der Waals surface area contributed by atoms with Crippen molar-refractivity contribution in [3.05, 3.63) is 21.9 Å². The lowest BCUT2D eigenvalue weighted by Gasteiger charge is -2.09. The first-order chi connectivity index (χ1) is 5.60. The highest BCUT2D eigenvalue weighted by Crippen LogP contribution is 2.32. The number of thiophene rings is 1. The van der Waals surface area contributed by atoms with E-state index in [1.54, 1.807) is 6.07 Å². The molecule has 0 bridgehead atoms. The van der Waals surface area contributed by atoms with Crippen LogP contribution >= 0.6 is 11.3 Å². The van der Waals surface area contributed by atoms with Crippen LogP contribution in [0.25, 0.3) is 0 Å². The third kappa shape index (κ3) is 1.60. The molecule has 0 aliphatic rings. The first-order valence-electron chi connectivity index (χ1n) is 3.18. The van der Waals surface area contributed by atoms with Gasteiger partial charge in [0.15, 0.2) is 0 Å². The molecule has 0 amide bonds. The minimum absolute atomic E-state index is 0.151. The van der Waals surface area contributed by atoms with Crippen molar-refractivity contribution in [2.24, 2.45) is 5.73 Å².